The second kappa shape index (κ2) is 5.04. The van der Waals surface area contributed by atoms with Gasteiger partial charge in [0.15, 0.2) is 0 Å². The maximum atomic E-state index is 4.77. The monoisotopic (exact) mass is 268 g/mol. The zero-order valence-corrected chi connectivity index (χ0v) is 11.6. The zero-order valence-electron chi connectivity index (χ0n) is 11.6. The van der Waals surface area contributed by atoms with Crippen molar-refractivity contribution in [1.29, 1.82) is 0 Å². The predicted molar refractivity (Wildman–Crippen MR) is 82.2 cm³/mol. The first-order valence-corrected chi connectivity index (χ1v) is 7.46. The fourth-order valence-corrected chi connectivity index (χ4v) is 3.15. The molecular formula is C16H20N4. The van der Waals surface area contributed by atoms with Crippen LogP contribution < -0.4 is 10.2 Å². The number of pyridine rings is 1. The van der Waals surface area contributed by atoms with Crippen LogP contribution in [0.1, 0.15) is 0 Å². The Kier molecular flexibility index (Phi) is 3.05. The van der Waals surface area contributed by atoms with Crippen molar-refractivity contribution in [3.63, 3.8) is 0 Å². The van der Waals surface area contributed by atoms with Gasteiger partial charge in [-0.15, -0.1) is 0 Å². The third-order valence-electron chi connectivity index (χ3n) is 4.44. The molecule has 0 radical (unpaired) electrons. The molecule has 0 atom stereocenters. The Morgan fingerprint density at radius 2 is 1.80 bits per heavy atom. The van der Waals surface area contributed by atoms with E-state index in [0.29, 0.717) is 6.04 Å². The minimum Gasteiger partial charge on any atom is -0.353 e. The number of rotatable bonds is 2. The summed E-state index contributed by atoms with van der Waals surface area (Å²) in [4.78, 5) is 9.77. The molecule has 2 aromatic rings. The van der Waals surface area contributed by atoms with Gasteiger partial charge in [0.05, 0.1) is 5.52 Å². The molecule has 0 spiro atoms. The van der Waals surface area contributed by atoms with Crippen LogP contribution in [0.15, 0.2) is 36.4 Å². The van der Waals surface area contributed by atoms with E-state index in [2.05, 4.69) is 51.5 Å². The number of hydrogen-bond acceptors (Lipinski definition) is 4. The van der Waals surface area contributed by atoms with Crippen molar-refractivity contribution < 1.29 is 0 Å². The first-order chi connectivity index (χ1) is 9.90. The van der Waals surface area contributed by atoms with E-state index in [1.807, 2.05) is 0 Å². The molecule has 2 saturated heterocycles. The Bertz CT molecular complexity index is 600. The highest BCUT2D eigenvalue weighted by Gasteiger charge is 2.32. The lowest BCUT2D eigenvalue weighted by molar-refractivity contribution is 0.147. The van der Waals surface area contributed by atoms with Crippen LogP contribution in [-0.4, -0.2) is 55.2 Å². The summed E-state index contributed by atoms with van der Waals surface area (Å²) in [7, 11) is 0. The Balaban J connectivity index is 1.46. The first kappa shape index (κ1) is 12.1. The van der Waals surface area contributed by atoms with Crippen LogP contribution in [0, 0.1) is 0 Å². The summed E-state index contributed by atoms with van der Waals surface area (Å²) in [6.07, 6.45) is 0. The van der Waals surface area contributed by atoms with Gasteiger partial charge in [0.1, 0.15) is 5.82 Å². The van der Waals surface area contributed by atoms with E-state index in [9.17, 15) is 0 Å². The SMILES string of the molecule is c1ccc2nc(N3CC(N4CCNCC4)C3)ccc2c1. The molecule has 0 unspecified atom stereocenters. The van der Waals surface area contributed by atoms with Gasteiger partial charge in [-0.3, -0.25) is 4.90 Å². The molecule has 20 heavy (non-hydrogen) atoms. The lowest BCUT2D eigenvalue weighted by atomic mass is 10.1. The third-order valence-corrected chi connectivity index (χ3v) is 4.44. The van der Waals surface area contributed by atoms with E-state index >= 15 is 0 Å². The van der Waals surface area contributed by atoms with E-state index in [1.165, 1.54) is 18.5 Å². The summed E-state index contributed by atoms with van der Waals surface area (Å²) >= 11 is 0. The molecular weight excluding hydrogens is 248 g/mol. The molecule has 2 fully saturated rings. The summed E-state index contributed by atoms with van der Waals surface area (Å²) < 4.78 is 0. The first-order valence-electron chi connectivity index (χ1n) is 7.46. The highest BCUT2D eigenvalue weighted by molar-refractivity contribution is 5.80. The van der Waals surface area contributed by atoms with Crippen molar-refractivity contribution in [2.45, 2.75) is 6.04 Å². The zero-order chi connectivity index (χ0) is 13.4. The number of para-hydroxylation sites is 1. The molecule has 0 bridgehead atoms. The van der Waals surface area contributed by atoms with Crippen LogP contribution in [-0.2, 0) is 0 Å². The average molecular weight is 268 g/mol. The minimum absolute atomic E-state index is 0.713. The highest BCUT2D eigenvalue weighted by Crippen LogP contribution is 2.24. The number of piperazine rings is 1. The summed E-state index contributed by atoms with van der Waals surface area (Å²) in [6.45, 7) is 6.86. The van der Waals surface area contributed by atoms with Gasteiger partial charge in [-0.05, 0) is 18.2 Å². The van der Waals surface area contributed by atoms with E-state index in [1.54, 1.807) is 0 Å². The third kappa shape index (κ3) is 2.15. The van der Waals surface area contributed by atoms with Crippen molar-refractivity contribution in [2.24, 2.45) is 0 Å². The van der Waals surface area contributed by atoms with Crippen molar-refractivity contribution in [2.75, 3.05) is 44.2 Å². The number of aromatic nitrogens is 1. The maximum absolute atomic E-state index is 4.77. The van der Waals surface area contributed by atoms with Crippen molar-refractivity contribution in [3.8, 4) is 0 Å². The largest absolute Gasteiger partial charge is 0.353 e. The average Bonchev–Trinajstić information content (AvgIpc) is 2.47. The maximum Gasteiger partial charge on any atom is 0.129 e. The predicted octanol–water partition coefficient (Wildman–Crippen LogP) is 1.33. The molecule has 4 nitrogen and oxygen atoms in total. The lowest BCUT2D eigenvalue weighted by Crippen LogP contribution is -2.63. The van der Waals surface area contributed by atoms with Crippen LogP contribution in [0.25, 0.3) is 10.9 Å². The Labute approximate surface area is 119 Å². The van der Waals surface area contributed by atoms with Gasteiger partial charge in [0, 0.05) is 50.7 Å². The van der Waals surface area contributed by atoms with Crippen LogP contribution in [0.2, 0.25) is 0 Å². The van der Waals surface area contributed by atoms with Crippen LogP contribution in [0.5, 0.6) is 0 Å². The van der Waals surface area contributed by atoms with Crippen LogP contribution in [0.3, 0.4) is 0 Å². The highest BCUT2D eigenvalue weighted by atomic mass is 15.3. The van der Waals surface area contributed by atoms with E-state index in [4.69, 9.17) is 4.98 Å². The van der Waals surface area contributed by atoms with Gasteiger partial charge in [0.25, 0.3) is 0 Å². The molecule has 1 N–H and O–H groups in total. The lowest BCUT2D eigenvalue weighted by Gasteiger charge is -2.47. The second-order valence-corrected chi connectivity index (χ2v) is 5.71. The van der Waals surface area contributed by atoms with Crippen molar-refractivity contribution >= 4 is 16.7 Å². The molecule has 2 aliphatic heterocycles. The number of benzene rings is 1. The molecule has 1 aromatic carbocycles. The van der Waals surface area contributed by atoms with E-state index in [0.717, 1.165) is 37.5 Å². The van der Waals surface area contributed by atoms with Gasteiger partial charge in [-0.1, -0.05) is 18.2 Å². The second-order valence-electron chi connectivity index (χ2n) is 5.71. The number of nitrogens with one attached hydrogen (secondary N) is 1. The molecule has 4 heteroatoms. The van der Waals surface area contributed by atoms with Crippen molar-refractivity contribution in [1.82, 2.24) is 15.2 Å². The van der Waals surface area contributed by atoms with Crippen LogP contribution >= 0.6 is 0 Å². The Morgan fingerprint density at radius 1 is 1.00 bits per heavy atom. The minimum atomic E-state index is 0.713. The fourth-order valence-electron chi connectivity index (χ4n) is 3.15. The number of fused-ring (bicyclic) bond motifs is 1. The normalized spacial score (nSPS) is 21.1. The standard InChI is InChI=1S/C16H20N4/c1-2-4-15-13(3-1)5-6-16(18-15)20-11-14(12-20)19-9-7-17-8-10-19/h1-6,14,17H,7-12H2. The molecule has 0 amide bonds. The number of hydrogen-bond donors (Lipinski definition) is 1. The molecule has 2 aliphatic rings. The summed E-state index contributed by atoms with van der Waals surface area (Å²) in [5.74, 6) is 1.12. The Hall–Kier alpha value is -1.65. The number of nitrogens with zero attached hydrogens (tertiary/aromatic N) is 3. The smallest absolute Gasteiger partial charge is 0.129 e. The fraction of sp³-hybridized carbons (Fsp3) is 0.438. The number of anilines is 1. The molecule has 104 valence electrons. The molecule has 4 rings (SSSR count). The van der Waals surface area contributed by atoms with Gasteiger partial charge in [-0.2, -0.15) is 0 Å². The van der Waals surface area contributed by atoms with Gasteiger partial charge in [-0.25, -0.2) is 4.98 Å². The quantitative estimate of drug-likeness (QED) is 0.890. The van der Waals surface area contributed by atoms with Gasteiger partial charge < -0.3 is 10.2 Å². The summed E-state index contributed by atoms with van der Waals surface area (Å²) in [5.41, 5.74) is 1.09. The topological polar surface area (TPSA) is 31.4 Å². The van der Waals surface area contributed by atoms with E-state index < -0.39 is 0 Å². The van der Waals surface area contributed by atoms with Crippen molar-refractivity contribution in [3.05, 3.63) is 36.4 Å². The summed E-state index contributed by atoms with van der Waals surface area (Å²) in [6, 6.07) is 13.4. The van der Waals surface area contributed by atoms with Gasteiger partial charge in [0.2, 0.25) is 0 Å². The molecule has 3 heterocycles. The van der Waals surface area contributed by atoms with Crippen LogP contribution in [0.4, 0.5) is 5.82 Å². The molecule has 1 aromatic heterocycles. The Morgan fingerprint density at radius 3 is 2.65 bits per heavy atom. The van der Waals surface area contributed by atoms with E-state index in [-0.39, 0.29) is 0 Å². The molecule has 0 aliphatic carbocycles. The van der Waals surface area contributed by atoms with Gasteiger partial charge >= 0.3 is 0 Å². The summed E-state index contributed by atoms with van der Waals surface area (Å²) in [5, 5.41) is 4.63. The molecule has 0 saturated carbocycles.